The van der Waals surface area contributed by atoms with Crippen molar-refractivity contribution >= 4 is 17.1 Å². The minimum atomic E-state index is -0.254. The molecule has 0 bridgehead atoms. The van der Waals surface area contributed by atoms with Crippen molar-refractivity contribution in [2.75, 3.05) is 12.4 Å². The van der Waals surface area contributed by atoms with Gasteiger partial charge in [-0.05, 0) is 6.92 Å². The van der Waals surface area contributed by atoms with E-state index in [1.54, 1.807) is 16.2 Å². The van der Waals surface area contributed by atoms with Crippen molar-refractivity contribution in [1.82, 2.24) is 19.1 Å². The Kier molecular flexibility index (Phi) is 1.99. The highest BCUT2D eigenvalue weighted by molar-refractivity contribution is 5.72. The number of hydrogen-bond donors (Lipinski definition) is 1. The van der Waals surface area contributed by atoms with E-state index in [1.165, 1.54) is 0 Å². The molecule has 0 atom stereocenters. The second-order valence-electron chi connectivity index (χ2n) is 3.44. The summed E-state index contributed by atoms with van der Waals surface area (Å²) < 4.78 is 3.52. The fourth-order valence-electron chi connectivity index (χ4n) is 1.61. The summed E-state index contributed by atoms with van der Waals surface area (Å²) in [6, 6.07) is 0. The van der Waals surface area contributed by atoms with Crippen LogP contribution in [0.2, 0.25) is 0 Å². The lowest BCUT2D eigenvalue weighted by molar-refractivity contribution is 0.878. The number of rotatable bonds is 1. The van der Waals surface area contributed by atoms with Gasteiger partial charge in [-0.25, -0.2) is 4.98 Å². The molecule has 6 heteroatoms. The van der Waals surface area contributed by atoms with Gasteiger partial charge in [-0.2, -0.15) is 4.98 Å². The number of hydrogen-bond acceptors (Lipinski definition) is 4. The number of anilines is 1. The summed E-state index contributed by atoms with van der Waals surface area (Å²) in [5.74, 6) is 1.32. The molecule has 0 aliphatic heterocycles. The van der Waals surface area contributed by atoms with Gasteiger partial charge in [0.25, 0.3) is 0 Å². The molecule has 80 valence electrons. The zero-order chi connectivity index (χ0) is 11.2. The molecule has 6 nitrogen and oxygen atoms in total. The molecule has 2 rings (SSSR count). The van der Waals surface area contributed by atoms with Gasteiger partial charge in [-0.15, -0.1) is 0 Å². The molecular weight excluding hydrogens is 194 g/mol. The monoisotopic (exact) mass is 207 g/mol. The second kappa shape index (κ2) is 3.08. The zero-order valence-electron chi connectivity index (χ0n) is 9.20. The highest BCUT2D eigenvalue weighted by Crippen LogP contribution is 2.12. The summed E-state index contributed by atoms with van der Waals surface area (Å²) in [4.78, 5) is 20.0. The van der Waals surface area contributed by atoms with Crippen LogP contribution in [-0.2, 0) is 14.1 Å². The standard InChI is InChI=1S/C9H13N5O/c1-5-11-7-6(13(5)3)8(15)12-9(10-2)14(7)4/h1-4H3,(H,10,12,15). The number of nitrogens with one attached hydrogen (secondary N) is 1. The molecule has 0 amide bonds. The highest BCUT2D eigenvalue weighted by atomic mass is 16.1. The number of imidazole rings is 1. The fourth-order valence-corrected chi connectivity index (χ4v) is 1.61. The van der Waals surface area contributed by atoms with Crippen LogP contribution in [0.25, 0.3) is 11.2 Å². The first-order valence-electron chi connectivity index (χ1n) is 4.64. The third-order valence-corrected chi connectivity index (χ3v) is 2.57. The number of aromatic nitrogens is 4. The molecule has 2 aromatic rings. The molecule has 2 aromatic heterocycles. The first kappa shape index (κ1) is 9.70. The summed E-state index contributed by atoms with van der Waals surface area (Å²) in [6.45, 7) is 1.86. The zero-order valence-corrected chi connectivity index (χ0v) is 9.20. The van der Waals surface area contributed by atoms with Gasteiger partial charge < -0.3 is 9.88 Å². The molecule has 2 heterocycles. The molecule has 0 fully saturated rings. The van der Waals surface area contributed by atoms with E-state index in [1.807, 2.05) is 21.0 Å². The Labute approximate surface area is 86.6 Å². The second-order valence-corrected chi connectivity index (χ2v) is 3.44. The third-order valence-electron chi connectivity index (χ3n) is 2.57. The van der Waals surface area contributed by atoms with E-state index in [-0.39, 0.29) is 5.56 Å². The minimum absolute atomic E-state index is 0.254. The number of aryl methyl sites for hydroxylation is 3. The van der Waals surface area contributed by atoms with Crippen LogP contribution in [0.3, 0.4) is 0 Å². The molecule has 0 radical (unpaired) electrons. The molecular formula is C9H13N5O. The number of fused-ring (bicyclic) bond motifs is 1. The molecule has 0 aliphatic carbocycles. The average molecular weight is 207 g/mol. The van der Waals surface area contributed by atoms with Crippen LogP contribution in [0, 0.1) is 6.92 Å². The quantitative estimate of drug-likeness (QED) is 0.715. The Morgan fingerprint density at radius 3 is 2.47 bits per heavy atom. The summed E-state index contributed by atoms with van der Waals surface area (Å²) in [5, 5.41) is 2.86. The van der Waals surface area contributed by atoms with Crippen LogP contribution in [0.5, 0.6) is 0 Å². The lowest BCUT2D eigenvalue weighted by Gasteiger charge is -2.06. The largest absolute Gasteiger partial charge is 0.359 e. The molecule has 0 aliphatic rings. The van der Waals surface area contributed by atoms with Gasteiger partial charge in [0.15, 0.2) is 11.2 Å². The van der Waals surface area contributed by atoms with Crippen molar-refractivity contribution in [3.8, 4) is 0 Å². The van der Waals surface area contributed by atoms with E-state index in [2.05, 4.69) is 15.3 Å². The Morgan fingerprint density at radius 2 is 1.87 bits per heavy atom. The number of nitrogens with zero attached hydrogens (tertiary/aromatic N) is 4. The van der Waals surface area contributed by atoms with Crippen molar-refractivity contribution in [1.29, 1.82) is 0 Å². The van der Waals surface area contributed by atoms with Gasteiger partial charge in [0, 0.05) is 21.1 Å². The predicted octanol–water partition coefficient (Wildman–Crippen LogP) is 0.0171. The fraction of sp³-hybridized carbons (Fsp3) is 0.444. The van der Waals surface area contributed by atoms with E-state index < -0.39 is 0 Å². The summed E-state index contributed by atoms with van der Waals surface area (Å²) in [6.07, 6.45) is 0. The van der Waals surface area contributed by atoms with Crippen LogP contribution in [0.15, 0.2) is 4.79 Å². The lowest BCUT2D eigenvalue weighted by atomic mass is 10.5. The molecule has 15 heavy (non-hydrogen) atoms. The van der Waals surface area contributed by atoms with Crippen molar-refractivity contribution in [3.63, 3.8) is 0 Å². The maximum Gasteiger partial charge on any atom is 0.300 e. The van der Waals surface area contributed by atoms with Crippen LogP contribution in [0.4, 0.5) is 5.95 Å². The average Bonchev–Trinajstić information content (AvgIpc) is 2.50. The molecule has 1 N–H and O–H groups in total. The van der Waals surface area contributed by atoms with Crippen molar-refractivity contribution < 1.29 is 0 Å². The van der Waals surface area contributed by atoms with Gasteiger partial charge in [-0.1, -0.05) is 0 Å². The smallest absolute Gasteiger partial charge is 0.300 e. The topological polar surface area (TPSA) is 64.7 Å². The van der Waals surface area contributed by atoms with E-state index in [0.717, 1.165) is 5.82 Å². The Balaban J connectivity index is 3.00. The molecule has 0 saturated carbocycles. The maximum absolute atomic E-state index is 11.7. The predicted molar refractivity (Wildman–Crippen MR) is 58.0 cm³/mol. The normalized spacial score (nSPS) is 10.9. The van der Waals surface area contributed by atoms with E-state index in [4.69, 9.17) is 0 Å². The van der Waals surface area contributed by atoms with Crippen molar-refractivity contribution in [2.45, 2.75) is 6.92 Å². The first-order chi connectivity index (χ1) is 7.06. The molecule has 0 unspecified atom stereocenters. The summed E-state index contributed by atoms with van der Waals surface area (Å²) in [5.41, 5.74) is 0.934. The van der Waals surface area contributed by atoms with E-state index in [9.17, 15) is 4.79 Å². The summed E-state index contributed by atoms with van der Waals surface area (Å²) >= 11 is 0. The van der Waals surface area contributed by atoms with E-state index in [0.29, 0.717) is 17.1 Å². The Morgan fingerprint density at radius 1 is 1.20 bits per heavy atom. The maximum atomic E-state index is 11.7. The van der Waals surface area contributed by atoms with Gasteiger partial charge in [-0.3, -0.25) is 9.36 Å². The highest BCUT2D eigenvalue weighted by Gasteiger charge is 2.13. The van der Waals surface area contributed by atoms with Gasteiger partial charge in [0.05, 0.1) is 0 Å². The minimum Gasteiger partial charge on any atom is -0.359 e. The molecule has 0 spiro atoms. The van der Waals surface area contributed by atoms with E-state index >= 15 is 0 Å². The van der Waals surface area contributed by atoms with Crippen molar-refractivity contribution in [3.05, 3.63) is 16.2 Å². The van der Waals surface area contributed by atoms with Crippen LogP contribution in [-0.4, -0.2) is 26.1 Å². The lowest BCUT2D eigenvalue weighted by Crippen LogP contribution is -2.17. The van der Waals surface area contributed by atoms with Crippen LogP contribution >= 0.6 is 0 Å². The molecule has 0 aromatic carbocycles. The SMILES string of the molecule is CNc1nc(=O)c2c(nc(C)n2C)n1C. The molecule has 0 saturated heterocycles. The Hall–Kier alpha value is -1.85. The van der Waals surface area contributed by atoms with Crippen LogP contribution in [0.1, 0.15) is 5.82 Å². The first-order valence-corrected chi connectivity index (χ1v) is 4.64. The van der Waals surface area contributed by atoms with Gasteiger partial charge in [0.1, 0.15) is 5.82 Å². The Bertz CT molecular complexity index is 580. The van der Waals surface area contributed by atoms with Gasteiger partial charge >= 0.3 is 5.56 Å². The van der Waals surface area contributed by atoms with Crippen LogP contribution < -0.4 is 10.9 Å². The summed E-state index contributed by atoms with van der Waals surface area (Å²) in [7, 11) is 5.36. The third kappa shape index (κ3) is 1.21. The van der Waals surface area contributed by atoms with Gasteiger partial charge in [0.2, 0.25) is 5.95 Å². The van der Waals surface area contributed by atoms with Crippen molar-refractivity contribution in [2.24, 2.45) is 14.1 Å².